The fourth-order valence-electron chi connectivity index (χ4n) is 6.35. The Kier molecular flexibility index (Phi) is 8.39. The van der Waals surface area contributed by atoms with Crippen LogP contribution in [0.5, 0.6) is 0 Å². The van der Waals surface area contributed by atoms with Crippen molar-refractivity contribution in [1.29, 1.82) is 0 Å². The second kappa shape index (κ2) is 11.5. The third kappa shape index (κ3) is 5.84. The van der Waals surface area contributed by atoms with Crippen LogP contribution in [0.1, 0.15) is 48.9 Å². The van der Waals surface area contributed by atoms with Gasteiger partial charge in [-0.25, -0.2) is 21.6 Å². The molecular formula is C28H30ClF3N2O6S. The molecule has 1 heterocycles. The van der Waals surface area contributed by atoms with Crippen LogP contribution in [0.2, 0.25) is 5.02 Å². The minimum atomic E-state index is -4.06. The smallest absolute Gasteiger partial charge is 0.255 e. The first kappa shape index (κ1) is 29.8. The molecule has 5 rings (SSSR count). The molecule has 2 aromatic rings. The molecule has 0 aromatic heterocycles. The number of carbonyl (C=O) groups is 2. The lowest BCUT2D eigenvalue weighted by Crippen LogP contribution is -2.55. The molecule has 3 unspecified atom stereocenters. The van der Waals surface area contributed by atoms with Crippen molar-refractivity contribution in [2.75, 3.05) is 25.1 Å². The van der Waals surface area contributed by atoms with Gasteiger partial charge in [0.1, 0.15) is 0 Å². The molecule has 2 aliphatic carbocycles. The first-order valence-electron chi connectivity index (χ1n) is 13.5. The van der Waals surface area contributed by atoms with Crippen LogP contribution in [0.15, 0.2) is 35.2 Å². The lowest BCUT2D eigenvalue weighted by atomic mass is 9.74. The van der Waals surface area contributed by atoms with E-state index in [0.717, 1.165) is 12.5 Å². The Bertz CT molecular complexity index is 1430. The Morgan fingerprint density at radius 1 is 1.05 bits per heavy atom. The van der Waals surface area contributed by atoms with E-state index in [4.69, 9.17) is 16.3 Å². The van der Waals surface area contributed by atoms with Gasteiger partial charge in [0.2, 0.25) is 5.91 Å². The van der Waals surface area contributed by atoms with Crippen molar-refractivity contribution in [2.24, 2.45) is 17.8 Å². The summed E-state index contributed by atoms with van der Waals surface area (Å²) in [7, 11) is -4.06. The van der Waals surface area contributed by atoms with Crippen LogP contribution in [-0.4, -0.2) is 55.9 Å². The number of hydrogen-bond donors (Lipinski definition) is 3. The number of benzene rings is 2. The quantitative estimate of drug-likeness (QED) is 0.401. The molecule has 2 aromatic carbocycles. The number of carbonyl (C=O) groups excluding carboxylic acids is 2. The number of aliphatic hydroxyl groups is 1. The molecule has 1 saturated heterocycles. The highest BCUT2D eigenvalue weighted by Crippen LogP contribution is 2.52. The maximum atomic E-state index is 13.7. The largest absolute Gasteiger partial charge is 0.387 e. The van der Waals surface area contributed by atoms with E-state index in [1.807, 2.05) is 0 Å². The van der Waals surface area contributed by atoms with Gasteiger partial charge in [-0.2, -0.15) is 0 Å². The summed E-state index contributed by atoms with van der Waals surface area (Å²) < 4.78 is 73.3. The van der Waals surface area contributed by atoms with Crippen molar-refractivity contribution in [3.8, 4) is 0 Å². The normalized spacial score (nSPS) is 27.8. The second-order valence-corrected chi connectivity index (χ2v) is 13.7. The summed E-state index contributed by atoms with van der Waals surface area (Å²) in [6.07, 6.45) is 3.03. The van der Waals surface area contributed by atoms with Gasteiger partial charge in [-0.3, -0.25) is 9.59 Å². The number of fused-ring (bicyclic) bond motifs is 2. The zero-order chi connectivity index (χ0) is 29.5. The van der Waals surface area contributed by atoms with E-state index in [0.29, 0.717) is 44.6 Å². The van der Waals surface area contributed by atoms with Gasteiger partial charge in [-0.05, 0) is 68.6 Å². The monoisotopic (exact) mass is 614 g/mol. The van der Waals surface area contributed by atoms with Gasteiger partial charge in [0.25, 0.3) is 5.91 Å². The summed E-state index contributed by atoms with van der Waals surface area (Å²) in [6.45, 7) is 0.998. The van der Waals surface area contributed by atoms with Crippen molar-refractivity contribution >= 4 is 38.9 Å². The minimum absolute atomic E-state index is 0.0332. The van der Waals surface area contributed by atoms with Crippen molar-refractivity contribution in [3.05, 3.63) is 58.4 Å². The summed E-state index contributed by atoms with van der Waals surface area (Å²) in [5, 5.41) is 15.6. The fourth-order valence-corrected chi connectivity index (χ4v) is 8.75. The van der Waals surface area contributed by atoms with E-state index in [1.165, 1.54) is 12.1 Å². The van der Waals surface area contributed by atoms with Crippen molar-refractivity contribution < 1.29 is 41.0 Å². The van der Waals surface area contributed by atoms with Crippen molar-refractivity contribution in [2.45, 2.75) is 54.3 Å². The Morgan fingerprint density at radius 2 is 1.71 bits per heavy atom. The summed E-state index contributed by atoms with van der Waals surface area (Å²) in [4.78, 5) is 25.1. The van der Waals surface area contributed by atoms with E-state index in [2.05, 4.69) is 10.6 Å². The molecule has 8 nitrogen and oxygen atoms in total. The number of rotatable bonds is 7. The Labute approximate surface area is 240 Å². The Balaban J connectivity index is 1.30. The van der Waals surface area contributed by atoms with E-state index >= 15 is 0 Å². The number of hydrogen-bond acceptors (Lipinski definition) is 6. The van der Waals surface area contributed by atoms with Crippen molar-refractivity contribution in [1.82, 2.24) is 5.32 Å². The first-order valence-corrected chi connectivity index (χ1v) is 15.4. The molecule has 2 bridgehead atoms. The van der Waals surface area contributed by atoms with Crippen LogP contribution in [0, 0.1) is 35.2 Å². The maximum absolute atomic E-state index is 13.7. The highest BCUT2D eigenvalue weighted by atomic mass is 35.5. The molecule has 3 fully saturated rings. The first-order chi connectivity index (χ1) is 19.4. The number of amides is 2. The van der Waals surface area contributed by atoms with E-state index in [1.54, 1.807) is 0 Å². The molecule has 1 aliphatic heterocycles. The van der Waals surface area contributed by atoms with Gasteiger partial charge in [0, 0.05) is 36.5 Å². The maximum Gasteiger partial charge on any atom is 0.255 e. The fraction of sp³-hybridized carbons (Fsp3) is 0.500. The third-order valence-corrected chi connectivity index (χ3v) is 11.3. The molecule has 3 N–H and O–H groups in total. The second-order valence-electron chi connectivity index (χ2n) is 11.1. The highest BCUT2D eigenvalue weighted by molar-refractivity contribution is 7.92. The standard InChI is InChI=1S/C28H30ClF3N2O6S/c29-21-6-3-15(27(36)34-19-11-22(30)25(32)23(31)12-19)8-24(21)41(38,39)20-9-17-4-5-18(10-20)28(17,37)14-33-26(35)16-2-1-7-40-13-16/h3,6,8,11-12,16-18,20,37H,1-2,4-5,7,9-10,13-14H2,(H,33,35)(H,34,36)/t16?,17?,18?,20-,28-. The number of halogens is 4. The molecule has 222 valence electrons. The van der Waals surface area contributed by atoms with Crippen LogP contribution in [0.3, 0.4) is 0 Å². The van der Waals surface area contributed by atoms with Gasteiger partial charge in [0.15, 0.2) is 27.3 Å². The van der Waals surface area contributed by atoms with Gasteiger partial charge in [0.05, 0.1) is 33.3 Å². The molecule has 2 saturated carbocycles. The lowest BCUT2D eigenvalue weighted by molar-refractivity contribution is -0.132. The number of ether oxygens (including phenoxy) is 1. The number of anilines is 1. The van der Waals surface area contributed by atoms with E-state index in [9.17, 15) is 36.3 Å². The molecule has 3 atom stereocenters. The molecule has 41 heavy (non-hydrogen) atoms. The Morgan fingerprint density at radius 3 is 2.32 bits per heavy atom. The van der Waals surface area contributed by atoms with E-state index in [-0.39, 0.29) is 64.2 Å². The van der Waals surface area contributed by atoms with Gasteiger partial charge in [-0.1, -0.05) is 11.6 Å². The molecule has 3 aliphatic rings. The topological polar surface area (TPSA) is 122 Å². The van der Waals surface area contributed by atoms with Gasteiger partial charge in [-0.15, -0.1) is 0 Å². The number of nitrogens with one attached hydrogen (secondary N) is 2. The Hall–Kier alpha value is -2.67. The van der Waals surface area contributed by atoms with Crippen LogP contribution in [-0.2, 0) is 19.4 Å². The zero-order valence-corrected chi connectivity index (χ0v) is 23.5. The lowest BCUT2D eigenvalue weighted by Gasteiger charge is -2.42. The average Bonchev–Trinajstić information content (AvgIpc) is 3.10. The minimum Gasteiger partial charge on any atom is -0.387 e. The number of sulfone groups is 1. The molecular weight excluding hydrogens is 585 g/mol. The molecule has 0 radical (unpaired) electrons. The van der Waals surface area contributed by atoms with Gasteiger partial charge >= 0.3 is 0 Å². The zero-order valence-electron chi connectivity index (χ0n) is 22.0. The summed E-state index contributed by atoms with van der Waals surface area (Å²) in [5.41, 5.74) is -1.72. The predicted molar refractivity (Wildman–Crippen MR) is 144 cm³/mol. The summed E-state index contributed by atoms with van der Waals surface area (Å²) in [5.74, 6) is -6.72. The van der Waals surface area contributed by atoms with E-state index < -0.39 is 44.0 Å². The van der Waals surface area contributed by atoms with Crippen molar-refractivity contribution in [3.63, 3.8) is 0 Å². The van der Waals surface area contributed by atoms with Crippen LogP contribution in [0.4, 0.5) is 18.9 Å². The van der Waals surface area contributed by atoms with Crippen LogP contribution in [0.25, 0.3) is 0 Å². The third-order valence-electron chi connectivity index (χ3n) is 8.63. The average molecular weight is 615 g/mol. The molecule has 0 spiro atoms. The predicted octanol–water partition coefficient (Wildman–Crippen LogP) is 4.25. The van der Waals surface area contributed by atoms with Crippen LogP contribution < -0.4 is 10.6 Å². The molecule has 13 heteroatoms. The van der Waals surface area contributed by atoms with Crippen LogP contribution >= 0.6 is 11.6 Å². The summed E-state index contributed by atoms with van der Waals surface area (Å²) >= 11 is 6.27. The highest BCUT2D eigenvalue weighted by Gasteiger charge is 2.55. The molecule has 2 amide bonds. The summed E-state index contributed by atoms with van der Waals surface area (Å²) in [6, 6.07) is 4.81. The van der Waals surface area contributed by atoms with Gasteiger partial charge < -0.3 is 20.5 Å². The SMILES string of the molecule is O=C(Nc1cc(F)c(F)c(F)c1)c1ccc(Cl)c(S(=O)(=O)[C@H]2CC3CCC(C2)[C@]3(O)CNC(=O)C2CCCOC2)c1.